The highest BCUT2D eigenvalue weighted by atomic mass is 16.4. The average molecular weight is 337 g/mol. The molecule has 1 fully saturated rings. The quantitative estimate of drug-likeness (QED) is 0.321. The largest absolute Gasteiger partial charge is 0.481 e. The van der Waals surface area contributed by atoms with Gasteiger partial charge >= 0.3 is 5.97 Å². The van der Waals surface area contributed by atoms with E-state index in [0.717, 1.165) is 12.1 Å². The molecule has 0 bridgehead atoms. The van der Waals surface area contributed by atoms with E-state index in [0.29, 0.717) is 38.9 Å². The number of carbonyl (C=O) groups is 2. The summed E-state index contributed by atoms with van der Waals surface area (Å²) in [6.45, 7) is 1.57. The van der Waals surface area contributed by atoms with Crippen LogP contribution in [0.25, 0.3) is 0 Å². The molecule has 0 saturated carbocycles. The Morgan fingerprint density at radius 3 is 2.67 bits per heavy atom. The highest BCUT2D eigenvalue weighted by molar-refractivity contribution is 5.77. The fourth-order valence-electron chi connectivity index (χ4n) is 2.61. The van der Waals surface area contributed by atoms with Crippen LogP contribution in [-0.4, -0.2) is 62.5 Å². The molecule has 0 aromatic carbocycles. The minimum absolute atomic E-state index is 0.0657. The van der Waals surface area contributed by atoms with Gasteiger partial charge in [0.05, 0.1) is 11.6 Å². The summed E-state index contributed by atoms with van der Waals surface area (Å²) in [5.41, 5.74) is 11.3. The van der Waals surface area contributed by atoms with E-state index in [1.54, 1.807) is 11.1 Å². The highest BCUT2D eigenvalue weighted by Crippen LogP contribution is 2.17. The standard InChI is InChI=1S/C14H23N7O3/c15-14(16)17-5-1-2-11-8-21(19-18-11)9-12(22)20-6-3-10(4-7-20)13(23)24/h8,10H,1-7,9H2,(H,23,24)(H4,15,16,17). The molecule has 0 radical (unpaired) electrons. The van der Waals surface area contributed by atoms with Crippen LogP contribution in [0.2, 0.25) is 0 Å². The van der Waals surface area contributed by atoms with E-state index in [9.17, 15) is 9.59 Å². The predicted octanol–water partition coefficient (Wildman–Crippen LogP) is -1.19. The zero-order valence-electron chi connectivity index (χ0n) is 13.5. The van der Waals surface area contributed by atoms with Crippen molar-refractivity contribution in [3.05, 3.63) is 11.9 Å². The van der Waals surface area contributed by atoms with Crippen molar-refractivity contribution in [3.8, 4) is 0 Å². The molecular formula is C14H23N7O3. The average Bonchev–Trinajstić information content (AvgIpc) is 2.99. The number of hydrogen-bond donors (Lipinski definition) is 3. The van der Waals surface area contributed by atoms with E-state index in [4.69, 9.17) is 16.6 Å². The van der Waals surface area contributed by atoms with Gasteiger partial charge in [0.25, 0.3) is 0 Å². The number of amides is 1. The second-order valence-corrected chi connectivity index (χ2v) is 5.81. The number of likely N-dealkylation sites (tertiary alicyclic amines) is 1. The van der Waals surface area contributed by atoms with Crippen LogP contribution in [0.3, 0.4) is 0 Å². The Balaban J connectivity index is 1.76. The number of rotatable bonds is 7. The third-order valence-electron chi connectivity index (χ3n) is 3.97. The summed E-state index contributed by atoms with van der Waals surface area (Å²) in [6.07, 6.45) is 4.14. The molecule has 0 unspecified atom stereocenters. The fraction of sp³-hybridized carbons (Fsp3) is 0.643. The Hall–Kier alpha value is -2.65. The number of hydrogen-bond acceptors (Lipinski definition) is 5. The lowest BCUT2D eigenvalue weighted by Crippen LogP contribution is -2.41. The number of guanidine groups is 1. The van der Waals surface area contributed by atoms with Crippen molar-refractivity contribution in [2.75, 3.05) is 19.6 Å². The molecule has 1 saturated heterocycles. The van der Waals surface area contributed by atoms with Crippen LogP contribution in [-0.2, 0) is 22.6 Å². The first-order chi connectivity index (χ1) is 11.5. The normalized spacial score (nSPS) is 15.2. The maximum absolute atomic E-state index is 12.2. The molecule has 1 aromatic rings. The van der Waals surface area contributed by atoms with Crippen molar-refractivity contribution < 1.29 is 14.7 Å². The number of carboxylic acid groups (broad SMARTS) is 1. The van der Waals surface area contributed by atoms with E-state index in [2.05, 4.69) is 15.3 Å². The van der Waals surface area contributed by atoms with Crippen LogP contribution in [0, 0.1) is 5.92 Å². The van der Waals surface area contributed by atoms with Gasteiger partial charge in [-0.25, -0.2) is 4.68 Å². The number of piperidine rings is 1. The van der Waals surface area contributed by atoms with Crippen molar-refractivity contribution in [3.63, 3.8) is 0 Å². The maximum Gasteiger partial charge on any atom is 0.306 e. The van der Waals surface area contributed by atoms with Gasteiger partial charge in [0.1, 0.15) is 6.54 Å². The van der Waals surface area contributed by atoms with Crippen LogP contribution in [0.5, 0.6) is 0 Å². The topological polar surface area (TPSA) is 153 Å². The van der Waals surface area contributed by atoms with Gasteiger partial charge in [-0.05, 0) is 25.7 Å². The Morgan fingerprint density at radius 2 is 2.04 bits per heavy atom. The Bertz CT molecular complexity index is 601. The van der Waals surface area contributed by atoms with E-state index in [1.165, 1.54) is 4.68 Å². The number of aryl methyl sites for hydroxylation is 1. The van der Waals surface area contributed by atoms with E-state index >= 15 is 0 Å². The summed E-state index contributed by atoms with van der Waals surface area (Å²) >= 11 is 0. The van der Waals surface area contributed by atoms with Crippen LogP contribution >= 0.6 is 0 Å². The van der Waals surface area contributed by atoms with Gasteiger partial charge in [-0.1, -0.05) is 5.21 Å². The third kappa shape index (κ3) is 5.21. The molecule has 2 heterocycles. The lowest BCUT2D eigenvalue weighted by Gasteiger charge is -2.30. The first-order valence-electron chi connectivity index (χ1n) is 7.90. The van der Waals surface area contributed by atoms with Crippen LogP contribution in [0.4, 0.5) is 0 Å². The van der Waals surface area contributed by atoms with Gasteiger partial charge in [0.2, 0.25) is 5.91 Å². The smallest absolute Gasteiger partial charge is 0.306 e. The van der Waals surface area contributed by atoms with E-state index < -0.39 is 5.97 Å². The number of carbonyl (C=O) groups excluding carboxylic acids is 1. The Morgan fingerprint density at radius 1 is 1.33 bits per heavy atom. The lowest BCUT2D eigenvalue weighted by atomic mass is 9.97. The minimum Gasteiger partial charge on any atom is -0.481 e. The first kappa shape index (κ1) is 17.7. The highest BCUT2D eigenvalue weighted by Gasteiger charge is 2.27. The molecule has 132 valence electrons. The second-order valence-electron chi connectivity index (χ2n) is 5.81. The molecule has 1 aliphatic rings. The molecule has 5 N–H and O–H groups in total. The fourth-order valence-corrected chi connectivity index (χ4v) is 2.61. The van der Waals surface area contributed by atoms with Gasteiger partial charge in [0.15, 0.2) is 5.96 Å². The zero-order chi connectivity index (χ0) is 17.5. The summed E-state index contributed by atoms with van der Waals surface area (Å²) < 4.78 is 1.50. The molecule has 10 nitrogen and oxygen atoms in total. The molecule has 24 heavy (non-hydrogen) atoms. The monoisotopic (exact) mass is 337 g/mol. The number of aliphatic carboxylic acids is 1. The number of aliphatic imine (C=N–C) groups is 1. The third-order valence-corrected chi connectivity index (χ3v) is 3.97. The van der Waals surface area contributed by atoms with Crippen molar-refractivity contribution in [1.29, 1.82) is 0 Å². The zero-order valence-corrected chi connectivity index (χ0v) is 13.5. The first-order valence-corrected chi connectivity index (χ1v) is 7.90. The molecule has 10 heteroatoms. The van der Waals surface area contributed by atoms with E-state index in [1.807, 2.05) is 0 Å². The van der Waals surface area contributed by atoms with Crippen LogP contribution < -0.4 is 11.5 Å². The second kappa shape index (κ2) is 8.27. The Kier molecular flexibility index (Phi) is 6.10. The molecule has 0 atom stereocenters. The maximum atomic E-state index is 12.2. The van der Waals surface area contributed by atoms with E-state index in [-0.39, 0.29) is 24.3 Å². The van der Waals surface area contributed by atoms with Gasteiger partial charge < -0.3 is 21.5 Å². The number of carboxylic acids is 1. The van der Waals surface area contributed by atoms with Crippen molar-refractivity contribution in [2.24, 2.45) is 22.4 Å². The molecular weight excluding hydrogens is 314 g/mol. The van der Waals surface area contributed by atoms with Crippen molar-refractivity contribution in [2.45, 2.75) is 32.2 Å². The minimum atomic E-state index is -0.788. The van der Waals surface area contributed by atoms with Gasteiger partial charge in [-0.15, -0.1) is 5.10 Å². The summed E-state index contributed by atoms with van der Waals surface area (Å²) in [6, 6.07) is 0. The molecule has 1 aliphatic heterocycles. The van der Waals surface area contributed by atoms with Crippen molar-refractivity contribution >= 4 is 17.8 Å². The van der Waals surface area contributed by atoms with Gasteiger partial charge in [-0.2, -0.15) is 0 Å². The predicted molar refractivity (Wildman–Crippen MR) is 86.0 cm³/mol. The summed E-state index contributed by atoms with van der Waals surface area (Å²) in [4.78, 5) is 28.7. The number of nitrogens with two attached hydrogens (primary N) is 2. The number of aromatic nitrogens is 3. The molecule has 0 spiro atoms. The number of nitrogens with zero attached hydrogens (tertiary/aromatic N) is 5. The summed E-state index contributed by atoms with van der Waals surface area (Å²) in [5, 5.41) is 16.9. The molecule has 2 rings (SSSR count). The SMILES string of the molecule is NC(N)=NCCCc1cn(CC(=O)N2CCC(C(=O)O)CC2)nn1. The molecule has 1 aromatic heterocycles. The molecule has 0 aliphatic carbocycles. The van der Waals surface area contributed by atoms with Crippen molar-refractivity contribution in [1.82, 2.24) is 19.9 Å². The van der Waals surface area contributed by atoms with Gasteiger partial charge in [-0.3, -0.25) is 14.6 Å². The Labute approximate surface area is 139 Å². The summed E-state index contributed by atoms with van der Waals surface area (Å²) in [5.74, 6) is -1.15. The van der Waals surface area contributed by atoms with Crippen LogP contribution in [0.1, 0.15) is 25.0 Å². The van der Waals surface area contributed by atoms with Crippen LogP contribution in [0.15, 0.2) is 11.2 Å². The lowest BCUT2D eigenvalue weighted by molar-refractivity contribution is -0.145. The molecule has 1 amide bonds. The van der Waals surface area contributed by atoms with Gasteiger partial charge in [0, 0.05) is 25.8 Å². The summed E-state index contributed by atoms with van der Waals surface area (Å²) in [7, 11) is 0.